The SMILES string of the molecule is O=c1ccc2cc(Cl)ccc2o1.[Co]. The zero-order chi connectivity index (χ0) is 8.55. The number of fused-ring (bicyclic) bond motifs is 1. The van der Waals surface area contributed by atoms with Crippen LogP contribution >= 0.6 is 11.6 Å². The topological polar surface area (TPSA) is 30.2 Å². The summed E-state index contributed by atoms with van der Waals surface area (Å²) in [5.41, 5.74) is 0.219. The fourth-order valence-electron chi connectivity index (χ4n) is 1.04. The summed E-state index contributed by atoms with van der Waals surface area (Å²) in [6.45, 7) is 0. The van der Waals surface area contributed by atoms with Gasteiger partial charge >= 0.3 is 5.63 Å². The molecule has 13 heavy (non-hydrogen) atoms. The van der Waals surface area contributed by atoms with Gasteiger partial charge in [0.15, 0.2) is 0 Å². The largest absolute Gasteiger partial charge is 0.423 e. The van der Waals surface area contributed by atoms with Crippen LogP contribution in [0.5, 0.6) is 0 Å². The average Bonchev–Trinajstić information content (AvgIpc) is 2.05. The third-order valence-corrected chi connectivity index (χ3v) is 1.82. The molecule has 0 N–H and O–H groups in total. The van der Waals surface area contributed by atoms with E-state index in [9.17, 15) is 4.79 Å². The number of halogens is 1. The Hall–Kier alpha value is -0.774. The summed E-state index contributed by atoms with van der Waals surface area (Å²) >= 11 is 5.74. The molecule has 0 spiro atoms. The van der Waals surface area contributed by atoms with Crippen molar-refractivity contribution >= 4 is 22.6 Å². The van der Waals surface area contributed by atoms with Gasteiger partial charge in [0.25, 0.3) is 0 Å². The second-order valence-corrected chi connectivity index (χ2v) is 2.87. The summed E-state index contributed by atoms with van der Waals surface area (Å²) in [7, 11) is 0. The minimum atomic E-state index is -0.343. The normalized spacial score (nSPS) is 9.62. The zero-order valence-electron chi connectivity index (χ0n) is 6.41. The van der Waals surface area contributed by atoms with E-state index in [2.05, 4.69) is 0 Å². The molecule has 1 radical (unpaired) electrons. The molecule has 0 aliphatic rings. The Kier molecular flexibility index (Phi) is 3.14. The predicted octanol–water partition coefficient (Wildman–Crippen LogP) is 2.44. The molecular formula is C9H5ClCoO2. The van der Waals surface area contributed by atoms with Crippen LogP contribution in [0.3, 0.4) is 0 Å². The smallest absolute Gasteiger partial charge is 0.336 e. The van der Waals surface area contributed by atoms with Gasteiger partial charge in [-0.15, -0.1) is 0 Å². The molecule has 0 saturated carbocycles. The summed E-state index contributed by atoms with van der Waals surface area (Å²) in [5, 5.41) is 1.47. The maximum atomic E-state index is 10.8. The monoisotopic (exact) mass is 239 g/mol. The van der Waals surface area contributed by atoms with E-state index in [-0.39, 0.29) is 22.4 Å². The first-order valence-corrected chi connectivity index (χ1v) is 3.83. The quantitative estimate of drug-likeness (QED) is 0.661. The van der Waals surface area contributed by atoms with Gasteiger partial charge in [-0.2, -0.15) is 0 Å². The predicted molar refractivity (Wildman–Crippen MR) is 47.5 cm³/mol. The number of hydrogen-bond acceptors (Lipinski definition) is 2. The van der Waals surface area contributed by atoms with Crippen LogP contribution in [0.25, 0.3) is 11.0 Å². The Morgan fingerprint density at radius 1 is 1.15 bits per heavy atom. The van der Waals surface area contributed by atoms with Crippen LogP contribution < -0.4 is 5.63 Å². The van der Waals surface area contributed by atoms with Crippen LogP contribution in [0.2, 0.25) is 5.02 Å². The summed E-state index contributed by atoms with van der Waals surface area (Å²) in [6, 6.07) is 8.18. The van der Waals surface area contributed by atoms with Crippen molar-refractivity contribution < 1.29 is 21.2 Å². The van der Waals surface area contributed by atoms with Gasteiger partial charge in [0.1, 0.15) is 5.58 Å². The van der Waals surface area contributed by atoms with E-state index in [4.69, 9.17) is 16.0 Å². The zero-order valence-corrected chi connectivity index (χ0v) is 8.21. The van der Waals surface area contributed by atoms with E-state index in [1.54, 1.807) is 24.3 Å². The first kappa shape index (κ1) is 10.3. The van der Waals surface area contributed by atoms with Crippen LogP contribution in [0, 0.1) is 0 Å². The first-order chi connectivity index (χ1) is 5.75. The molecule has 4 heteroatoms. The number of hydrogen-bond donors (Lipinski definition) is 0. The van der Waals surface area contributed by atoms with Crippen LogP contribution in [-0.2, 0) is 16.8 Å². The molecule has 69 valence electrons. The molecule has 0 fully saturated rings. The van der Waals surface area contributed by atoms with Crippen molar-refractivity contribution in [3.05, 3.63) is 45.8 Å². The number of rotatable bonds is 0. The van der Waals surface area contributed by atoms with E-state index in [1.165, 1.54) is 6.07 Å². The van der Waals surface area contributed by atoms with Crippen molar-refractivity contribution in [2.75, 3.05) is 0 Å². The molecule has 0 saturated heterocycles. The van der Waals surface area contributed by atoms with Gasteiger partial charge in [0.2, 0.25) is 0 Å². The van der Waals surface area contributed by atoms with E-state index in [0.717, 1.165) is 5.39 Å². The Labute approximate surface area is 89.7 Å². The molecule has 0 unspecified atom stereocenters. The second-order valence-electron chi connectivity index (χ2n) is 2.44. The van der Waals surface area contributed by atoms with E-state index in [0.29, 0.717) is 10.6 Å². The molecule has 0 bridgehead atoms. The molecule has 0 aliphatic carbocycles. The molecule has 0 aliphatic heterocycles. The Morgan fingerprint density at radius 2 is 1.92 bits per heavy atom. The molecule has 2 nitrogen and oxygen atoms in total. The molecule has 1 aromatic carbocycles. The maximum absolute atomic E-state index is 10.8. The van der Waals surface area contributed by atoms with Crippen LogP contribution in [0.1, 0.15) is 0 Å². The molecule has 1 aromatic heterocycles. The summed E-state index contributed by atoms with van der Waals surface area (Å²) in [5.74, 6) is 0. The van der Waals surface area contributed by atoms with Crippen LogP contribution in [0.4, 0.5) is 0 Å². The molecule has 0 atom stereocenters. The third kappa shape index (κ3) is 2.12. The maximum Gasteiger partial charge on any atom is 0.336 e. The first-order valence-electron chi connectivity index (χ1n) is 3.45. The fourth-order valence-corrected chi connectivity index (χ4v) is 1.22. The van der Waals surface area contributed by atoms with Crippen molar-refractivity contribution in [3.8, 4) is 0 Å². The van der Waals surface area contributed by atoms with Gasteiger partial charge in [-0.25, -0.2) is 4.79 Å². The van der Waals surface area contributed by atoms with Gasteiger partial charge in [-0.05, 0) is 24.3 Å². The molecular weight excluding hydrogens is 234 g/mol. The summed E-state index contributed by atoms with van der Waals surface area (Å²) in [6.07, 6.45) is 0. The van der Waals surface area contributed by atoms with E-state index < -0.39 is 0 Å². The molecule has 1 heterocycles. The third-order valence-electron chi connectivity index (χ3n) is 1.58. The molecule has 0 amide bonds. The minimum absolute atomic E-state index is 0. The summed E-state index contributed by atoms with van der Waals surface area (Å²) < 4.78 is 4.90. The average molecular weight is 240 g/mol. The summed E-state index contributed by atoms with van der Waals surface area (Å²) in [4.78, 5) is 10.8. The van der Waals surface area contributed by atoms with Crippen molar-refractivity contribution in [1.82, 2.24) is 0 Å². The van der Waals surface area contributed by atoms with Crippen LogP contribution in [-0.4, -0.2) is 0 Å². The van der Waals surface area contributed by atoms with Gasteiger partial charge in [-0.1, -0.05) is 11.6 Å². The van der Waals surface area contributed by atoms with Crippen molar-refractivity contribution in [2.45, 2.75) is 0 Å². The van der Waals surface area contributed by atoms with Crippen LogP contribution in [0.15, 0.2) is 39.5 Å². The van der Waals surface area contributed by atoms with E-state index >= 15 is 0 Å². The van der Waals surface area contributed by atoms with Gasteiger partial charge < -0.3 is 4.42 Å². The Morgan fingerprint density at radius 3 is 2.69 bits per heavy atom. The van der Waals surface area contributed by atoms with Gasteiger partial charge in [0.05, 0.1) is 0 Å². The van der Waals surface area contributed by atoms with Crippen molar-refractivity contribution in [1.29, 1.82) is 0 Å². The second kappa shape index (κ2) is 3.96. The fraction of sp³-hybridized carbons (Fsp3) is 0. The standard InChI is InChI=1S/C9H5ClO2.Co/c10-7-2-3-8-6(5-7)1-4-9(11)12-8;/h1-5H;. The Balaban J connectivity index is 0.000000845. The minimum Gasteiger partial charge on any atom is -0.423 e. The van der Waals surface area contributed by atoms with Gasteiger partial charge in [-0.3, -0.25) is 0 Å². The van der Waals surface area contributed by atoms with Crippen molar-refractivity contribution in [2.24, 2.45) is 0 Å². The van der Waals surface area contributed by atoms with Crippen molar-refractivity contribution in [3.63, 3.8) is 0 Å². The van der Waals surface area contributed by atoms with Gasteiger partial charge in [0, 0.05) is 33.3 Å². The number of benzene rings is 1. The molecule has 2 rings (SSSR count). The van der Waals surface area contributed by atoms with E-state index in [1.807, 2.05) is 0 Å². The Bertz CT molecular complexity index is 478. The molecule has 2 aromatic rings.